The number of nitrogens with zero attached hydrogens (tertiary/aromatic N) is 3. The molecule has 2 rings (SSSR count). The molecule has 1 saturated heterocycles. The number of likely N-dealkylation sites (tertiary alicyclic amines) is 1. The van der Waals surface area contributed by atoms with Crippen molar-refractivity contribution in [2.45, 2.75) is 32.7 Å². The first-order valence-electron chi connectivity index (χ1n) is 4.85. The highest BCUT2D eigenvalue weighted by Crippen LogP contribution is 2.29. The molecule has 0 aromatic carbocycles. The smallest absolute Gasteiger partial charge is 0.220 e. The van der Waals surface area contributed by atoms with Crippen LogP contribution >= 0.6 is 0 Å². The number of amides is 1. The number of aromatic amines is 1. The van der Waals surface area contributed by atoms with Gasteiger partial charge >= 0.3 is 0 Å². The van der Waals surface area contributed by atoms with Crippen molar-refractivity contribution in [3.8, 4) is 0 Å². The summed E-state index contributed by atoms with van der Waals surface area (Å²) in [6.45, 7) is 4.30. The summed E-state index contributed by atoms with van der Waals surface area (Å²) in [5.74, 6) is 1.73. The Kier molecular flexibility index (Phi) is 2.23. The second-order valence-corrected chi connectivity index (χ2v) is 3.67. The van der Waals surface area contributed by atoms with E-state index in [1.54, 1.807) is 6.92 Å². The van der Waals surface area contributed by atoms with E-state index >= 15 is 0 Å². The first-order chi connectivity index (χ1) is 6.68. The summed E-state index contributed by atoms with van der Waals surface area (Å²) in [6.07, 6.45) is 2.03. The van der Waals surface area contributed by atoms with Crippen LogP contribution in [-0.2, 0) is 4.79 Å². The van der Waals surface area contributed by atoms with Gasteiger partial charge in [0.1, 0.15) is 5.82 Å². The van der Waals surface area contributed by atoms with Crippen LogP contribution in [0.4, 0.5) is 0 Å². The minimum Gasteiger partial charge on any atom is -0.333 e. The van der Waals surface area contributed by atoms with E-state index in [9.17, 15) is 4.79 Å². The number of rotatable bonds is 1. The van der Waals surface area contributed by atoms with E-state index in [4.69, 9.17) is 0 Å². The van der Waals surface area contributed by atoms with E-state index in [-0.39, 0.29) is 11.9 Å². The summed E-state index contributed by atoms with van der Waals surface area (Å²) >= 11 is 0. The van der Waals surface area contributed by atoms with Gasteiger partial charge in [-0.1, -0.05) is 0 Å². The van der Waals surface area contributed by atoms with Gasteiger partial charge < -0.3 is 9.88 Å². The summed E-state index contributed by atoms with van der Waals surface area (Å²) in [4.78, 5) is 16.2. The molecule has 76 valence electrons. The molecule has 1 aliphatic rings. The van der Waals surface area contributed by atoms with Crippen LogP contribution < -0.4 is 0 Å². The van der Waals surface area contributed by atoms with Gasteiger partial charge in [-0.05, 0) is 19.8 Å². The van der Waals surface area contributed by atoms with Crippen molar-refractivity contribution in [1.82, 2.24) is 20.1 Å². The molecular formula is C9H14N4O. The van der Waals surface area contributed by atoms with Crippen LogP contribution in [0.15, 0.2) is 0 Å². The summed E-state index contributed by atoms with van der Waals surface area (Å²) in [7, 11) is 0. The second kappa shape index (κ2) is 3.40. The first kappa shape index (κ1) is 9.18. The molecule has 1 amide bonds. The molecule has 1 aromatic rings. The fourth-order valence-electron chi connectivity index (χ4n) is 1.94. The Hall–Kier alpha value is -1.39. The normalized spacial score (nSPS) is 21.6. The number of H-pyrrole nitrogens is 1. The number of hydrogen-bond donors (Lipinski definition) is 1. The molecule has 2 heterocycles. The Labute approximate surface area is 82.5 Å². The third-order valence-electron chi connectivity index (χ3n) is 2.59. The molecule has 0 radical (unpaired) electrons. The molecule has 0 saturated carbocycles. The second-order valence-electron chi connectivity index (χ2n) is 3.67. The lowest BCUT2D eigenvalue weighted by molar-refractivity contribution is -0.129. The van der Waals surface area contributed by atoms with Crippen LogP contribution in [0.3, 0.4) is 0 Å². The summed E-state index contributed by atoms with van der Waals surface area (Å²) in [5.41, 5.74) is 0. The Balaban J connectivity index is 2.21. The van der Waals surface area contributed by atoms with Crippen molar-refractivity contribution in [3.63, 3.8) is 0 Å². The van der Waals surface area contributed by atoms with E-state index in [2.05, 4.69) is 15.2 Å². The van der Waals surface area contributed by atoms with Gasteiger partial charge in [-0.2, -0.15) is 0 Å². The Morgan fingerprint density at radius 3 is 2.93 bits per heavy atom. The molecule has 0 unspecified atom stereocenters. The zero-order chi connectivity index (χ0) is 10.1. The Morgan fingerprint density at radius 2 is 2.36 bits per heavy atom. The zero-order valence-corrected chi connectivity index (χ0v) is 8.45. The van der Waals surface area contributed by atoms with Crippen molar-refractivity contribution >= 4 is 5.91 Å². The van der Waals surface area contributed by atoms with Gasteiger partial charge in [0.05, 0.1) is 6.04 Å². The molecule has 5 nitrogen and oxygen atoms in total. The first-order valence-corrected chi connectivity index (χ1v) is 4.85. The molecular weight excluding hydrogens is 180 g/mol. The van der Waals surface area contributed by atoms with Gasteiger partial charge in [0.2, 0.25) is 5.91 Å². The Bertz CT molecular complexity index is 346. The number of nitrogens with one attached hydrogen (secondary N) is 1. The van der Waals surface area contributed by atoms with Crippen LogP contribution in [0, 0.1) is 6.92 Å². The molecule has 1 atom stereocenters. The highest BCUT2D eigenvalue weighted by atomic mass is 16.2. The minimum atomic E-state index is 0.105. The van der Waals surface area contributed by atoms with Crippen LogP contribution in [0.25, 0.3) is 0 Å². The molecule has 0 bridgehead atoms. The third kappa shape index (κ3) is 1.49. The summed E-state index contributed by atoms with van der Waals surface area (Å²) < 4.78 is 0. The van der Waals surface area contributed by atoms with Gasteiger partial charge in [-0.15, -0.1) is 10.2 Å². The molecule has 1 aliphatic heterocycles. The molecule has 0 aliphatic carbocycles. The standard InChI is InChI=1S/C9H14N4O/c1-6-10-9(12-11-6)8-4-3-5-13(8)7(2)14/h8H,3-5H2,1-2H3,(H,10,11,12)/t8-/m0/s1. The summed E-state index contributed by atoms with van der Waals surface area (Å²) in [6, 6.07) is 0.105. The number of hydrogen-bond acceptors (Lipinski definition) is 3. The minimum absolute atomic E-state index is 0.105. The maximum absolute atomic E-state index is 11.3. The molecule has 1 N–H and O–H groups in total. The molecule has 1 fully saturated rings. The van der Waals surface area contributed by atoms with E-state index < -0.39 is 0 Å². The largest absolute Gasteiger partial charge is 0.333 e. The van der Waals surface area contributed by atoms with E-state index in [0.29, 0.717) is 0 Å². The molecule has 5 heteroatoms. The van der Waals surface area contributed by atoms with Crippen molar-refractivity contribution < 1.29 is 4.79 Å². The SMILES string of the molecule is CC(=O)N1CCC[C@H]1c1nnc(C)[nH]1. The van der Waals surface area contributed by atoms with Gasteiger partial charge in [0.15, 0.2) is 5.82 Å². The Morgan fingerprint density at radius 1 is 1.57 bits per heavy atom. The maximum Gasteiger partial charge on any atom is 0.220 e. The molecule has 14 heavy (non-hydrogen) atoms. The highest BCUT2D eigenvalue weighted by Gasteiger charge is 2.30. The zero-order valence-electron chi connectivity index (χ0n) is 8.45. The van der Waals surface area contributed by atoms with Gasteiger partial charge in [-0.3, -0.25) is 4.79 Å². The van der Waals surface area contributed by atoms with E-state index in [1.165, 1.54) is 0 Å². The van der Waals surface area contributed by atoms with Gasteiger partial charge in [0.25, 0.3) is 0 Å². The van der Waals surface area contributed by atoms with Gasteiger partial charge in [-0.25, -0.2) is 0 Å². The quantitative estimate of drug-likeness (QED) is 0.719. The summed E-state index contributed by atoms with van der Waals surface area (Å²) in [5, 5.41) is 7.94. The van der Waals surface area contributed by atoms with E-state index in [0.717, 1.165) is 31.0 Å². The van der Waals surface area contributed by atoms with Crippen molar-refractivity contribution in [1.29, 1.82) is 0 Å². The monoisotopic (exact) mass is 194 g/mol. The number of aryl methyl sites for hydroxylation is 1. The van der Waals surface area contributed by atoms with Crippen molar-refractivity contribution in [2.75, 3.05) is 6.54 Å². The predicted octanol–water partition coefficient (Wildman–Crippen LogP) is 0.797. The average Bonchev–Trinajstić information content (AvgIpc) is 2.70. The maximum atomic E-state index is 11.3. The van der Waals surface area contributed by atoms with Crippen LogP contribution in [0.5, 0.6) is 0 Å². The third-order valence-corrected chi connectivity index (χ3v) is 2.59. The topological polar surface area (TPSA) is 61.9 Å². The predicted molar refractivity (Wildman–Crippen MR) is 50.5 cm³/mol. The van der Waals surface area contributed by atoms with Crippen LogP contribution in [0.1, 0.15) is 37.5 Å². The number of aromatic nitrogens is 3. The molecule has 1 aromatic heterocycles. The van der Waals surface area contributed by atoms with Crippen LogP contribution in [0.2, 0.25) is 0 Å². The number of carbonyl (C=O) groups is 1. The highest BCUT2D eigenvalue weighted by molar-refractivity contribution is 5.74. The van der Waals surface area contributed by atoms with E-state index in [1.807, 2.05) is 11.8 Å². The van der Waals surface area contributed by atoms with Crippen molar-refractivity contribution in [3.05, 3.63) is 11.6 Å². The molecule has 0 spiro atoms. The number of carbonyl (C=O) groups excluding carboxylic acids is 1. The lowest BCUT2D eigenvalue weighted by atomic mass is 10.2. The van der Waals surface area contributed by atoms with Crippen molar-refractivity contribution in [2.24, 2.45) is 0 Å². The fraction of sp³-hybridized carbons (Fsp3) is 0.667. The fourth-order valence-corrected chi connectivity index (χ4v) is 1.94. The average molecular weight is 194 g/mol. The lowest BCUT2D eigenvalue weighted by Crippen LogP contribution is -2.28. The van der Waals surface area contributed by atoms with Gasteiger partial charge in [0, 0.05) is 13.5 Å². The lowest BCUT2D eigenvalue weighted by Gasteiger charge is -2.20. The van der Waals surface area contributed by atoms with Crippen LogP contribution in [-0.4, -0.2) is 32.5 Å².